The van der Waals surface area contributed by atoms with Gasteiger partial charge >= 0.3 is 0 Å². The summed E-state index contributed by atoms with van der Waals surface area (Å²) in [6, 6.07) is 0. The summed E-state index contributed by atoms with van der Waals surface area (Å²) in [6.45, 7) is 3.68. The summed E-state index contributed by atoms with van der Waals surface area (Å²) < 4.78 is 5.01. The average Bonchev–Trinajstić information content (AvgIpc) is 2.46. The van der Waals surface area contributed by atoms with Gasteiger partial charge in [-0.05, 0) is 6.42 Å². The Balaban J connectivity index is 4.06. The smallest absolute Gasteiger partial charge is 0.222 e. The first-order chi connectivity index (χ1) is 9.65. The summed E-state index contributed by atoms with van der Waals surface area (Å²) in [5.41, 5.74) is 5.44. The molecule has 0 bridgehead atoms. The fourth-order valence-electron chi connectivity index (χ4n) is 1.90. The lowest BCUT2D eigenvalue weighted by Crippen LogP contribution is -2.36. The third-order valence-electron chi connectivity index (χ3n) is 3.18. The number of oxime groups is 1. The molecule has 0 aromatic heterocycles. The van der Waals surface area contributed by atoms with E-state index in [1.165, 1.54) is 19.3 Å². The lowest BCUT2D eigenvalue weighted by molar-refractivity contribution is -0.131. The van der Waals surface area contributed by atoms with Crippen LogP contribution in [0.4, 0.5) is 0 Å². The van der Waals surface area contributed by atoms with E-state index in [-0.39, 0.29) is 11.7 Å². The van der Waals surface area contributed by atoms with Gasteiger partial charge in [-0.3, -0.25) is 4.79 Å². The van der Waals surface area contributed by atoms with E-state index in [0.29, 0.717) is 32.5 Å². The molecule has 0 aliphatic rings. The van der Waals surface area contributed by atoms with Crippen molar-refractivity contribution in [2.45, 2.75) is 51.9 Å². The Morgan fingerprint density at radius 3 is 2.50 bits per heavy atom. The van der Waals surface area contributed by atoms with Gasteiger partial charge in [0.1, 0.15) is 5.84 Å². The molecule has 0 aliphatic heterocycles. The number of nitrogens with zero attached hydrogens (tertiary/aromatic N) is 2. The maximum absolute atomic E-state index is 12.1. The molecule has 0 rings (SSSR count). The van der Waals surface area contributed by atoms with Crippen LogP contribution in [0.1, 0.15) is 51.9 Å². The van der Waals surface area contributed by atoms with Crippen molar-refractivity contribution in [1.82, 2.24) is 4.90 Å². The lowest BCUT2D eigenvalue weighted by atomic mass is 10.1. The maximum Gasteiger partial charge on any atom is 0.222 e. The summed E-state index contributed by atoms with van der Waals surface area (Å²) in [7, 11) is 1.61. The van der Waals surface area contributed by atoms with E-state index >= 15 is 0 Å². The second-order valence-corrected chi connectivity index (χ2v) is 4.88. The zero-order valence-corrected chi connectivity index (χ0v) is 12.8. The SMILES string of the molecule is CCCCCCCC(=O)N(CCOC)CCC(N)=NO. The van der Waals surface area contributed by atoms with Crippen molar-refractivity contribution in [1.29, 1.82) is 0 Å². The molecule has 0 fully saturated rings. The molecule has 0 saturated carbocycles. The standard InChI is InChI=1S/C14H29N3O3/c1-3-4-5-6-7-8-14(18)17(11-12-20-2)10-9-13(15)16-19/h19H,3-12H2,1-2H3,(H2,15,16). The summed E-state index contributed by atoms with van der Waals surface area (Å²) in [5.74, 6) is 0.257. The van der Waals surface area contributed by atoms with Crippen LogP contribution in [0, 0.1) is 0 Å². The van der Waals surface area contributed by atoms with Gasteiger partial charge in [0.25, 0.3) is 0 Å². The third kappa shape index (κ3) is 9.61. The van der Waals surface area contributed by atoms with Gasteiger partial charge in [0.2, 0.25) is 5.91 Å². The molecular weight excluding hydrogens is 258 g/mol. The Labute approximate surface area is 122 Å². The van der Waals surface area contributed by atoms with Crippen molar-refractivity contribution >= 4 is 11.7 Å². The van der Waals surface area contributed by atoms with E-state index in [9.17, 15) is 4.79 Å². The third-order valence-corrected chi connectivity index (χ3v) is 3.18. The Kier molecular flexibility index (Phi) is 11.9. The van der Waals surface area contributed by atoms with Gasteiger partial charge in [0, 0.05) is 33.0 Å². The molecule has 0 saturated heterocycles. The number of unbranched alkanes of at least 4 members (excludes halogenated alkanes) is 4. The molecule has 0 heterocycles. The van der Waals surface area contributed by atoms with E-state index < -0.39 is 0 Å². The second kappa shape index (κ2) is 12.7. The van der Waals surface area contributed by atoms with Gasteiger partial charge < -0.3 is 20.6 Å². The highest BCUT2D eigenvalue weighted by atomic mass is 16.5. The molecule has 6 nitrogen and oxygen atoms in total. The first kappa shape index (κ1) is 18.7. The maximum atomic E-state index is 12.1. The number of amidine groups is 1. The quantitative estimate of drug-likeness (QED) is 0.189. The Morgan fingerprint density at radius 2 is 1.90 bits per heavy atom. The fourth-order valence-corrected chi connectivity index (χ4v) is 1.90. The second-order valence-electron chi connectivity index (χ2n) is 4.88. The van der Waals surface area contributed by atoms with Crippen LogP contribution in [-0.4, -0.2) is 48.7 Å². The molecule has 20 heavy (non-hydrogen) atoms. The molecule has 0 radical (unpaired) electrons. The molecule has 3 N–H and O–H groups in total. The molecule has 118 valence electrons. The van der Waals surface area contributed by atoms with Gasteiger partial charge in [0.05, 0.1) is 6.61 Å². The monoisotopic (exact) mass is 287 g/mol. The van der Waals surface area contributed by atoms with E-state index in [4.69, 9.17) is 15.7 Å². The van der Waals surface area contributed by atoms with E-state index in [1.54, 1.807) is 12.0 Å². The average molecular weight is 287 g/mol. The van der Waals surface area contributed by atoms with Crippen molar-refractivity contribution in [2.24, 2.45) is 10.9 Å². The lowest BCUT2D eigenvalue weighted by Gasteiger charge is -2.22. The van der Waals surface area contributed by atoms with Crippen LogP contribution < -0.4 is 5.73 Å². The van der Waals surface area contributed by atoms with Crippen molar-refractivity contribution in [2.75, 3.05) is 26.8 Å². The van der Waals surface area contributed by atoms with Crippen LogP contribution in [-0.2, 0) is 9.53 Å². The highest BCUT2D eigenvalue weighted by molar-refractivity contribution is 5.81. The normalized spacial score (nSPS) is 11.6. The van der Waals surface area contributed by atoms with Crippen LogP contribution in [0.3, 0.4) is 0 Å². The van der Waals surface area contributed by atoms with E-state index in [1.807, 2.05) is 0 Å². The van der Waals surface area contributed by atoms with Gasteiger partial charge in [-0.2, -0.15) is 0 Å². The van der Waals surface area contributed by atoms with Crippen LogP contribution in [0.15, 0.2) is 5.16 Å². The molecule has 0 atom stereocenters. The van der Waals surface area contributed by atoms with Crippen LogP contribution in [0.2, 0.25) is 0 Å². The number of carbonyl (C=O) groups excluding carboxylic acids is 1. The van der Waals surface area contributed by atoms with E-state index in [2.05, 4.69) is 12.1 Å². The Hall–Kier alpha value is -1.30. The predicted octanol–water partition coefficient (Wildman–Crippen LogP) is 1.96. The van der Waals surface area contributed by atoms with Crippen LogP contribution in [0.5, 0.6) is 0 Å². The first-order valence-electron chi connectivity index (χ1n) is 7.38. The van der Waals surface area contributed by atoms with Crippen LogP contribution in [0.25, 0.3) is 0 Å². The predicted molar refractivity (Wildman–Crippen MR) is 79.9 cm³/mol. The number of ether oxygens (including phenoxy) is 1. The summed E-state index contributed by atoms with van der Waals surface area (Å²) in [6.07, 6.45) is 6.57. The summed E-state index contributed by atoms with van der Waals surface area (Å²) in [5, 5.41) is 11.4. The zero-order chi connectivity index (χ0) is 15.2. The van der Waals surface area contributed by atoms with Crippen molar-refractivity contribution < 1.29 is 14.7 Å². The topological polar surface area (TPSA) is 88.2 Å². The molecule has 0 aromatic carbocycles. The van der Waals surface area contributed by atoms with Crippen LogP contribution >= 0.6 is 0 Å². The minimum absolute atomic E-state index is 0.115. The first-order valence-corrected chi connectivity index (χ1v) is 7.38. The van der Waals surface area contributed by atoms with Crippen molar-refractivity contribution in [3.8, 4) is 0 Å². The van der Waals surface area contributed by atoms with Gasteiger partial charge in [-0.25, -0.2) is 0 Å². The zero-order valence-electron chi connectivity index (χ0n) is 12.8. The highest BCUT2D eigenvalue weighted by Gasteiger charge is 2.13. The number of hydrogen-bond donors (Lipinski definition) is 2. The molecule has 6 heteroatoms. The summed E-state index contributed by atoms with van der Waals surface area (Å²) >= 11 is 0. The number of rotatable bonds is 12. The molecule has 1 amide bonds. The molecule has 0 spiro atoms. The summed E-state index contributed by atoms with van der Waals surface area (Å²) in [4.78, 5) is 13.8. The minimum Gasteiger partial charge on any atom is -0.409 e. The van der Waals surface area contributed by atoms with Crippen molar-refractivity contribution in [3.05, 3.63) is 0 Å². The molecular formula is C14H29N3O3. The largest absolute Gasteiger partial charge is 0.409 e. The molecule has 0 unspecified atom stereocenters. The molecule has 0 aliphatic carbocycles. The highest BCUT2D eigenvalue weighted by Crippen LogP contribution is 2.07. The number of amides is 1. The molecule has 0 aromatic rings. The van der Waals surface area contributed by atoms with Crippen molar-refractivity contribution in [3.63, 3.8) is 0 Å². The van der Waals surface area contributed by atoms with Gasteiger partial charge in [-0.1, -0.05) is 37.8 Å². The Morgan fingerprint density at radius 1 is 1.20 bits per heavy atom. The fraction of sp³-hybridized carbons (Fsp3) is 0.857. The number of methoxy groups -OCH3 is 1. The Bertz CT molecular complexity index is 283. The van der Waals surface area contributed by atoms with E-state index in [0.717, 1.165) is 12.8 Å². The van der Waals surface area contributed by atoms with Gasteiger partial charge in [-0.15, -0.1) is 0 Å². The number of hydrogen-bond acceptors (Lipinski definition) is 4. The number of carbonyl (C=O) groups is 1. The van der Waals surface area contributed by atoms with Gasteiger partial charge in [0.15, 0.2) is 0 Å². The number of nitrogens with two attached hydrogens (primary N) is 1. The minimum atomic E-state index is 0.115.